The lowest BCUT2D eigenvalue weighted by molar-refractivity contribution is -0.143. The summed E-state index contributed by atoms with van der Waals surface area (Å²) in [6.07, 6.45) is 5.49. The summed E-state index contributed by atoms with van der Waals surface area (Å²) in [5.74, 6) is 0.425. The lowest BCUT2D eigenvalue weighted by Crippen LogP contribution is -2.34. The summed E-state index contributed by atoms with van der Waals surface area (Å²) < 4.78 is 7.37. The fourth-order valence-corrected chi connectivity index (χ4v) is 6.49. The fraction of sp³-hybridized carbons (Fsp3) is 0.452. The number of rotatable bonds is 10. The second-order valence-corrected chi connectivity index (χ2v) is 11.5. The molecule has 3 N–H and O–H groups in total. The summed E-state index contributed by atoms with van der Waals surface area (Å²) in [5.41, 5.74) is 4.93. The van der Waals surface area contributed by atoms with Crippen molar-refractivity contribution in [2.24, 2.45) is 11.8 Å². The SMILES string of the molecule is Cc1cc(CN(CC2CCC(C(=O)O)CC2)[C@@H]2CCc3cc(Cl)ccc32)ccc1OCCn1c(O)ccc1O. The highest BCUT2D eigenvalue weighted by Gasteiger charge is 2.32. The van der Waals surface area contributed by atoms with Gasteiger partial charge in [0.2, 0.25) is 0 Å². The van der Waals surface area contributed by atoms with E-state index >= 15 is 0 Å². The number of carboxylic acids is 1. The molecule has 208 valence electrons. The first-order valence-electron chi connectivity index (χ1n) is 13.8. The molecule has 0 bridgehead atoms. The standard InChI is InChI=1S/C31H37ClN2O5/c1-20-16-22(4-11-28(20)39-15-14-34-29(35)12-13-30(34)36)19-33(18-21-2-5-23(6-3-21)31(37)38)27-10-7-24-17-25(32)8-9-26(24)27/h4,8-9,11-13,16-17,21,23,27,35-36H,2-3,5-7,10,14-15,18-19H2,1H3,(H,37,38)/t21?,23?,27-/m1/s1. The molecule has 0 spiro atoms. The molecule has 7 nitrogen and oxygen atoms in total. The number of aliphatic carboxylic acids is 1. The molecule has 3 aromatic rings. The number of nitrogens with zero attached hydrogens (tertiary/aromatic N) is 2. The fourth-order valence-electron chi connectivity index (χ4n) is 6.30. The number of aryl methyl sites for hydroxylation is 2. The summed E-state index contributed by atoms with van der Waals surface area (Å²) in [7, 11) is 0. The van der Waals surface area contributed by atoms with E-state index in [0.717, 1.165) is 68.0 Å². The monoisotopic (exact) mass is 552 g/mol. The molecule has 1 saturated carbocycles. The topological polar surface area (TPSA) is 95.2 Å². The molecular formula is C31H37ClN2O5. The lowest BCUT2D eigenvalue weighted by atomic mass is 9.81. The number of carbonyl (C=O) groups is 1. The first-order chi connectivity index (χ1) is 18.8. The number of halogens is 1. The van der Waals surface area contributed by atoms with Gasteiger partial charge in [-0.1, -0.05) is 29.8 Å². The lowest BCUT2D eigenvalue weighted by Gasteiger charge is -2.35. The maximum Gasteiger partial charge on any atom is 0.306 e. The highest BCUT2D eigenvalue weighted by atomic mass is 35.5. The van der Waals surface area contributed by atoms with Crippen molar-refractivity contribution in [2.45, 2.75) is 64.6 Å². The molecule has 2 aliphatic carbocycles. The van der Waals surface area contributed by atoms with E-state index < -0.39 is 5.97 Å². The van der Waals surface area contributed by atoms with Crippen LogP contribution in [0.4, 0.5) is 0 Å². The number of ether oxygens (including phenoxy) is 1. The van der Waals surface area contributed by atoms with Crippen molar-refractivity contribution in [1.29, 1.82) is 0 Å². The molecule has 0 radical (unpaired) electrons. The number of carboxylic acid groups (broad SMARTS) is 1. The Balaban J connectivity index is 1.28. The number of hydrogen-bond acceptors (Lipinski definition) is 5. The van der Waals surface area contributed by atoms with E-state index in [1.807, 2.05) is 19.1 Å². The van der Waals surface area contributed by atoms with E-state index in [2.05, 4.69) is 29.2 Å². The maximum atomic E-state index is 11.5. The normalized spacial score (nSPS) is 20.7. The zero-order valence-electron chi connectivity index (χ0n) is 22.4. The summed E-state index contributed by atoms with van der Waals surface area (Å²) >= 11 is 6.29. The third kappa shape index (κ3) is 6.36. The molecule has 5 rings (SSSR count). The van der Waals surface area contributed by atoms with Crippen molar-refractivity contribution in [3.8, 4) is 17.5 Å². The van der Waals surface area contributed by atoms with Gasteiger partial charge in [0.05, 0.1) is 12.5 Å². The number of aromatic hydroxyl groups is 2. The summed E-state index contributed by atoms with van der Waals surface area (Å²) in [5, 5.41) is 29.9. The van der Waals surface area contributed by atoms with Crippen LogP contribution in [0, 0.1) is 18.8 Å². The van der Waals surface area contributed by atoms with Gasteiger partial charge in [0, 0.05) is 36.3 Å². The number of benzene rings is 2. The molecule has 0 unspecified atom stereocenters. The first kappa shape index (κ1) is 27.4. The van der Waals surface area contributed by atoms with Crippen LogP contribution in [0.1, 0.15) is 60.4 Å². The smallest absolute Gasteiger partial charge is 0.306 e. The Hall–Kier alpha value is -3.16. The van der Waals surface area contributed by atoms with Crippen molar-refractivity contribution in [3.05, 3.63) is 75.8 Å². The average Bonchev–Trinajstić information content (AvgIpc) is 3.47. The van der Waals surface area contributed by atoms with Gasteiger partial charge in [-0.15, -0.1) is 0 Å². The Morgan fingerprint density at radius 2 is 1.77 bits per heavy atom. The van der Waals surface area contributed by atoms with Gasteiger partial charge in [-0.2, -0.15) is 0 Å². The van der Waals surface area contributed by atoms with Crippen LogP contribution in [0.3, 0.4) is 0 Å². The molecule has 1 heterocycles. The Kier molecular flexibility index (Phi) is 8.38. The van der Waals surface area contributed by atoms with Crippen LogP contribution in [-0.4, -0.2) is 43.9 Å². The van der Waals surface area contributed by atoms with Crippen molar-refractivity contribution in [3.63, 3.8) is 0 Å². The van der Waals surface area contributed by atoms with Crippen molar-refractivity contribution in [1.82, 2.24) is 9.47 Å². The van der Waals surface area contributed by atoms with E-state index in [-0.39, 0.29) is 17.7 Å². The van der Waals surface area contributed by atoms with Crippen LogP contribution >= 0.6 is 11.6 Å². The third-order valence-electron chi connectivity index (χ3n) is 8.41. The first-order valence-corrected chi connectivity index (χ1v) is 14.2. The van der Waals surface area contributed by atoms with Gasteiger partial charge in [0.25, 0.3) is 0 Å². The van der Waals surface area contributed by atoms with Crippen molar-refractivity contribution < 1.29 is 24.9 Å². The number of hydrogen-bond donors (Lipinski definition) is 3. The Bertz CT molecular complexity index is 1290. The van der Waals surface area contributed by atoms with Crippen LogP contribution in [0.2, 0.25) is 5.02 Å². The zero-order valence-corrected chi connectivity index (χ0v) is 23.1. The third-order valence-corrected chi connectivity index (χ3v) is 8.65. The molecule has 0 saturated heterocycles. The average molecular weight is 553 g/mol. The molecule has 1 fully saturated rings. The van der Waals surface area contributed by atoms with Crippen molar-refractivity contribution >= 4 is 17.6 Å². The Morgan fingerprint density at radius 1 is 1.03 bits per heavy atom. The van der Waals surface area contributed by atoms with E-state index in [0.29, 0.717) is 25.1 Å². The Labute approximate surface area is 234 Å². The minimum absolute atomic E-state index is 0.00969. The highest BCUT2D eigenvalue weighted by Crippen LogP contribution is 2.40. The molecule has 39 heavy (non-hydrogen) atoms. The van der Waals surface area contributed by atoms with Crippen LogP contribution < -0.4 is 4.74 Å². The molecule has 1 atom stereocenters. The van der Waals surface area contributed by atoms with Crippen LogP contribution in [0.15, 0.2) is 48.5 Å². The number of fused-ring (bicyclic) bond motifs is 1. The van der Waals surface area contributed by atoms with Crippen LogP contribution in [0.25, 0.3) is 0 Å². The van der Waals surface area contributed by atoms with E-state index in [1.54, 1.807) is 0 Å². The predicted molar refractivity (Wildman–Crippen MR) is 150 cm³/mol. The van der Waals surface area contributed by atoms with Crippen molar-refractivity contribution in [2.75, 3.05) is 13.2 Å². The maximum absolute atomic E-state index is 11.5. The second kappa shape index (κ2) is 11.9. The van der Waals surface area contributed by atoms with Gasteiger partial charge in [-0.3, -0.25) is 14.3 Å². The summed E-state index contributed by atoms with van der Waals surface area (Å²) in [4.78, 5) is 14.0. The highest BCUT2D eigenvalue weighted by molar-refractivity contribution is 6.30. The van der Waals surface area contributed by atoms with Gasteiger partial charge in [-0.05, 0) is 91.8 Å². The molecular weight excluding hydrogens is 516 g/mol. The molecule has 8 heteroatoms. The van der Waals surface area contributed by atoms with Gasteiger partial charge in [0.15, 0.2) is 11.8 Å². The van der Waals surface area contributed by atoms with E-state index in [1.165, 1.54) is 33.4 Å². The Morgan fingerprint density at radius 3 is 2.46 bits per heavy atom. The molecule has 0 amide bonds. The molecule has 1 aromatic heterocycles. The number of aromatic nitrogens is 1. The van der Waals surface area contributed by atoms with Crippen LogP contribution in [0.5, 0.6) is 17.5 Å². The van der Waals surface area contributed by atoms with Gasteiger partial charge in [-0.25, -0.2) is 0 Å². The second-order valence-electron chi connectivity index (χ2n) is 11.0. The van der Waals surface area contributed by atoms with Gasteiger partial charge in [0.1, 0.15) is 12.4 Å². The van der Waals surface area contributed by atoms with Gasteiger partial charge >= 0.3 is 5.97 Å². The van der Waals surface area contributed by atoms with Gasteiger partial charge < -0.3 is 20.1 Å². The van der Waals surface area contributed by atoms with E-state index in [9.17, 15) is 20.1 Å². The predicted octanol–water partition coefficient (Wildman–Crippen LogP) is 6.32. The van der Waals surface area contributed by atoms with E-state index in [4.69, 9.17) is 16.3 Å². The van der Waals surface area contributed by atoms with Crippen LogP contribution in [-0.2, 0) is 24.3 Å². The molecule has 2 aromatic carbocycles. The molecule has 0 aliphatic heterocycles. The minimum atomic E-state index is -0.661. The minimum Gasteiger partial charge on any atom is -0.494 e. The zero-order chi connectivity index (χ0) is 27.5. The molecule has 2 aliphatic rings. The largest absolute Gasteiger partial charge is 0.494 e. The quantitative estimate of drug-likeness (QED) is 0.272. The summed E-state index contributed by atoms with van der Waals surface area (Å²) in [6, 6.07) is 15.8. The summed E-state index contributed by atoms with van der Waals surface area (Å²) in [6.45, 7) is 4.45.